The first-order valence-corrected chi connectivity index (χ1v) is 8.98. The van der Waals surface area contributed by atoms with Crippen LogP contribution < -0.4 is 15.2 Å². The Bertz CT molecular complexity index is 1110. The molecular weight excluding hydrogens is 376 g/mol. The molecule has 6 nitrogen and oxygen atoms in total. The Morgan fingerprint density at radius 3 is 2.46 bits per heavy atom. The highest BCUT2D eigenvalue weighted by Gasteiger charge is 2.36. The van der Waals surface area contributed by atoms with Crippen molar-refractivity contribution in [3.05, 3.63) is 81.8 Å². The number of aryl methyl sites for hydroxylation is 1. The van der Waals surface area contributed by atoms with E-state index < -0.39 is 0 Å². The smallest absolute Gasteiger partial charge is 0.229 e. The van der Waals surface area contributed by atoms with Crippen LogP contribution in [0.15, 0.2) is 60.0 Å². The molecule has 1 atom stereocenters. The minimum Gasteiger partial charge on any atom is -0.497 e. The van der Waals surface area contributed by atoms with Crippen molar-refractivity contribution >= 4 is 11.6 Å². The summed E-state index contributed by atoms with van der Waals surface area (Å²) < 4.78 is 12.8. The Morgan fingerprint density at radius 2 is 1.86 bits per heavy atom. The van der Waals surface area contributed by atoms with Crippen LogP contribution in [0.2, 0.25) is 5.02 Å². The molecule has 0 bridgehead atoms. The average molecular weight is 393 g/mol. The summed E-state index contributed by atoms with van der Waals surface area (Å²) in [6.45, 7) is 1.89. The second-order valence-electron chi connectivity index (χ2n) is 6.39. The highest BCUT2D eigenvalue weighted by Crippen LogP contribution is 2.44. The largest absolute Gasteiger partial charge is 0.497 e. The van der Waals surface area contributed by atoms with Crippen LogP contribution >= 0.6 is 11.6 Å². The zero-order valence-corrected chi connectivity index (χ0v) is 16.1. The van der Waals surface area contributed by atoms with Gasteiger partial charge >= 0.3 is 0 Å². The number of rotatable bonds is 3. The highest BCUT2D eigenvalue weighted by molar-refractivity contribution is 6.30. The molecule has 140 valence electrons. The maximum absolute atomic E-state index is 9.73. The fourth-order valence-corrected chi connectivity index (χ4v) is 3.53. The lowest BCUT2D eigenvalue weighted by Gasteiger charge is -2.25. The number of fused-ring (bicyclic) bond motifs is 1. The van der Waals surface area contributed by atoms with Crippen LogP contribution in [0, 0.1) is 18.3 Å². The molecule has 0 spiro atoms. The molecule has 4 rings (SSSR count). The summed E-state index contributed by atoms with van der Waals surface area (Å²) >= 11 is 6.00. The van der Waals surface area contributed by atoms with Gasteiger partial charge in [0.25, 0.3) is 0 Å². The minimum absolute atomic E-state index is 0.0749. The first-order valence-electron chi connectivity index (χ1n) is 8.60. The monoisotopic (exact) mass is 392 g/mol. The van der Waals surface area contributed by atoms with Crippen molar-refractivity contribution in [3.8, 4) is 23.4 Å². The predicted octanol–water partition coefficient (Wildman–Crippen LogP) is 4.06. The predicted molar refractivity (Wildman–Crippen MR) is 106 cm³/mol. The number of aromatic nitrogens is 2. The molecule has 0 aliphatic carbocycles. The summed E-state index contributed by atoms with van der Waals surface area (Å²) in [6, 6.07) is 17.0. The van der Waals surface area contributed by atoms with Gasteiger partial charge in [0.2, 0.25) is 11.8 Å². The van der Waals surface area contributed by atoms with Crippen LogP contribution in [0.25, 0.3) is 5.69 Å². The second kappa shape index (κ2) is 6.95. The quantitative estimate of drug-likeness (QED) is 0.726. The third-order valence-electron chi connectivity index (χ3n) is 4.75. The van der Waals surface area contributed by atoms with Crippen LogP contribution in [0.3, 0.4) is 0 Å². The van der Waals surface area contributed by atoms with E-state index in [2.05, 4.69) is 11.2 Å². The molecule has 28 heavy (non-hydrogen) atoms. The van der Waals surface area contributed by atoms with E-state index in [1.807, 2.05) is 43.3 Å². The molecule has 1 unspecified atom stereocenters. The molecule has 1 aliphatic rings. The lowest BCUT2D eigenvalue weighted by molar-refractivity contribution is 0.367. The van der Waals surface area contributed by atoms with E-state index in [9.17, 15) is 5.26 Å². The number of benzene rings is 2. The molecule has 3 aromatic rings. The minimum atomic E-state index is -0.374. The number of halogens is 1. The zero-order chi connectivity index (χ0) is 19.8. The molecule has 0 fully saturated rings. The number of ether oxygens (including phenoxy) is 2. The molecule has 2 aromatic carbocycles. The summed E-state index contributed by atoms with van der Waals surface area (Å²) in [5, 5.41) is 15.0. The van der Waals surface area contributed by atoms with Crippen molar-refractivity contribution in [1.82, 2.24) is 9.78 Å². The molecule has 1 aromatic heterocycles. The van der Waals surface area contributed by atoms with Gasteiger partial charge in [-0.1, -0.05) is 23.7 Å². The number of nitriles is 1. The number of methoxy groups -OCH3 is 1. The first-order chi connectivity index (χ1) is 13.5. The molecule has 2 heterocycles. The number of hydrogen-bond donors (Lipinski definition) is 1. The number of hydrogen-bond acceptors (Lipinski definition) is 5. The van der Waals surface area contributed by atoms with Gasteiger partial charge in [0, 0.05) is 5.02 Å². The maximum Gasteiger partial charge on any atom is 0.229 e. The Morgan fingerprint density at radius 1 is 1.18 bits per heavy atom. The third kappa shape index (κ3) is 2.86. The van der Waals surface area contributed by atoms with Gasteiger partial charge in [0.1, 0.15) is 17.4 Å². The molecule has 7 heteroatoms. The fourth-order valence-electron chi connectivity index (χ4n) is 3.40. The van der Waals surface area contributed by atoms with Gasteiger partial charge in [0.15, 0.2) is 0 Å². The van der Waals surface area contributed by atoms with Crippen molar-refractivity contribution in [1.29, 1.82) is 5.26 Å². The normalized spacial score (nSPS) is 15.6. The Balaban J connectivity index is 1.91. The Hall–Kier alpha value is -3.43. The van der Waals surface area contributed by atoms with Crippen LogP contribution in [0.1, 0.15) is 22.7 Å². The summed E-state index contributed by atoms with van der Waals surface area (Å²) in [5.74, 6) is 0.934. The number of allylic oxidation sites excluding steroid dienone is 1. The molecule has 1 aliphatic heterocycles. The van der Waals surface area contributed by atoms with Crippen LogP contribution in [0.4, 0.5) is 0 Å². The molecule has 0 amide bonds. The zero-order valence-electron chi connectivity index (χ0n) is 15.3. The lowest BCUT2D eigenvalue weighted by atomic mass is 9.84. The van der Waals surface area contributed by atoms with Crippen LogP contribution in [0.5, 0.6) is 11.6 Å². The standard InChI is InChI=1S/C21H17ClN4O2/c1-12-18-19(13-3-9-16(27-2)10-4-13)17(11-23)20(24)28-21(18)26(25-12)15-7-5-14(22)6-8-15/h3-10,19H,24H2,1-2H3. The van der Waals surface area contributed by atoms with Crippen molar-refractivity contribution in [2.24, 2.45) is 5.73 Å². The molecule has 2 N–H and O–H groups in total. The van der Waals surface area contributed by atoms with Gasteiger partial charge in [0.05, 0.1) is 30.0 Å². The van der Waals surface area contributed by atoms with Crippen LogP contribution in [-0.4, -0.2) is 16.9 Å². The van der Waals surface area contributed by atoms with Crippen molar-refractivity contribution in [2.75, 3.05) is 7.11 Å². The summed E-state index contributed by atoms with van der Waals surface area (Å²) in [7, 11) is 1.61. The summed E-state index contributed by atoms with van der Waals surface area (Å²) in [4.78, 5) is 0. The van der Waals surface area contributed by atoms with Gasteiger partial charge in [-0.15, -0.1) is 0 Å². The van der Waals surface area contributed by atoms with E-state index in [0.29, 0.717) is 16.5 Å². The fraction of sp³-hybridized carbons (Fsp3) is 0.143. The number of nitrogens with zero attached hydrogens (tertiary/aromatic N) is 3. The van der Waals surface area contributed by atoms with Crippen molar-refractivity contribution < 1.29 is 9.47 Å². The highest BCUT2D eigenvalue weighted by atomic mass is 35.5. The summed E-state index contributed by atoms with van der Waals surface area (Å²) in [6.07, 6.45) is 0. The molecule has 0 radical (unpaired) electrons. The van der Waals surface area contributed by atoms with Gasteiger partial charge in [-0.25, -0.2) is 4.68 Å². The lowest BCUT2D eigenvalue weighted by Crippen LogP contribution is -2.22. The van der Waals surface area contributed by atoms with Crippen LogP contribution in [-0.2, 0) is 0 Å². The third-order valence-corrected chi connectivity index (χ3v) is 5.00. The second-order valence-corrected chi connectivity index (χ2v) is 6.83. The maximum atomic E-state index is 9.73. The molecule has 0 saturated carbocycles. The molecular formula is C21H17ClN4O2. The van der Waals surface area contributed by atoms with E-state index in [-0.39, 0.29) is 11.8 Å². The average Bonchev–Trinajstić information content (AvgIpc) is 3.03. The van der Waals surface area contributed by atoms with E-state index >= 15 is 0 Å². The topological polar surface area (TPSA) is 86.1 Å². The van der Waals surface area contributed by atoms with Crippen molar-refractivity contribution in [2.45, 2.75) is 12.8 Å². The summed E-state index contributed by atoms with van der Waals surface area (Å²) in [5.41, 5.74) is 9.73. The van der Waals surface area contributed by atoms with E-state index in [1.165, 1.54) is 0 Å². The Labute approximate surface area is 167 Å². The first kappa shape index (κ1) is 18.0. The SMILES string of the molecule is COc1ccc(C2C(C#N)=C(N)Oc3c2c(C)nn3-c2ccc(Cl)cc2)cc1. The van der Waals surface area contributed by atoms with E-state index in [4.69, 9.17) is 26.8 Å². The van der Waals surface area contributed by atoms with E-state index in [1.54, 1.807) is 23.9 Å². The van der Waals surface area contributed by atoms with Gasteiger partial charge in [-0.2, -0.15) is 10.4 Å². The Kier molecular flexibility index (Phi) is 4.46. The molecule has 0 saturated heterocycles. The van der Waals surface area contributed by atoms with Gasteiger partial charge < -0.3 is 15.2 Å². The van der Waals surface area contributed by atoms with E-state index in [0.717, 1.165) is 28.3 Å². The van der Waals surface area contributed by atoms with Gasteiger partial charge in [-0.3, -0.25) is 0 Å². The van der Waals surface area contributed by atoms with Gasteiger partial charge in [-0.05, 0) is 48.9 Å². The number of nitrogens with two attached hydrogens (primary N) is 1. The van der Waals surface area contributed by atoms with Crippen molar-refractivity contribution in [3.63, 3.8) is 0 Å².